The molecule has 5 heteroatoms. The minimum atomic E-state index is -0.323. The molecule has 0 aliphatic heterocycles. The minimum absolute atomic E-state index is 0.120. The van der Waals surface area contributed by atoms with Gasteiger partial charge in [0.05, 0.1) is 12.8 Å². The number of nitrogens with zero attached hydrogens (tertiary/aromatic N) is 3. The Morgan fingerprint density at radius 3 is 2.68 bits per heavy atom. The Kier molecular flexibility index (Phi) is 4.07. The number of anilines is 1. The van der Waals surface area contributed by atoms with E-state index < -0.39 is 0 Å². The molecular formula is C14H15N3O2. The number of rotatable bonds is 4. The fraction of sp³-hybridized carbons (Fsp3) is 0.214. The van der Waals surface area contributed by atoms with Crippen LogP contribution in [0.3, 0.4) is 0 Å². The van der Waals surface area contributed by atoms with Gasteiger partial charge in [-0.25, -0.2) is 9.97 Å². The quantitative estimate of drug-likeness (QED) is 0.781. The normalized spacial score (nSPS) is 10.0. The van der Waals surface area contributed by atoms with Gasteiger partial charge < -0.3 is 9.64 Å². The smallest absolute Gasteiger partial charge is 0.325 e. The maximum absolute atomic E-state index is 11.2. The molecule has 0 saturated heterocycles. The first-order valence-electron chi connectivity index (χ1n) is 5.87. The number of carbonyl (C=O) groups excluding carboxylic acids is 1. The van der Waals surface area contributed by atoms with Gasteiger partial charge in [0.1, 0.15) is 6.54 Å². The number of benzene rings is 1. The lowest BCUT2D eigenvalue weighted by Gasteiger charge is -2.15. The monoisotopic (exact) mass is 257 g/mol. The number of esters is 1. The zero-order valence-corrected chi connectivity index (χ0v) is 10.9. The summed E-state index contributed by atoms with van der Waals surface area (Å²) in [7, 11) is 3.11. The van der Waals surface area contributed by atoms with Gasteiger partial charge in [-0.2, -0.15) is 0 Å². The first kappa shape index (κ1) is 13.0. The van der Waals surface area contributed by atoms with E-state index in [2.05, 4.69) is 14.7 Å². The van der Waals surface area contributed by atoms with Crippen molar-refractivity contribution >= 4 is 11.9 Å². The fourth-order valence-corrected chi connectivity index (χ4v) is 1.63. The molecule has 2 rings (SSSR count). The number of methoxy groups -OCH3 is 1. The molecule has 19 heavy (non-hydrogen) atoms. The maximum Gasteiger partial charge on any atom is 0.325 e. The summed E-state index contributed by atoms with van der Waals surface area (Å²) in [4.78, 5) is 21.5. The van der Waals surface area contributed by atoms with E-state index in [1.165, 1.54) is 7.11 Å². The fourth-order valence-electron chi connectivity index (χ4n) is 1.63. The highest BCUT2D eigenvalue weighted by Gasteiger charge is 2.10. The molecule has 0 spiro atoms. The summed E-state index contributed by atoms with van der Waals surface area (Å²) in [5, 5.41) is 0. The second-order valence-corrected chi connectivity index (χ2v) is 4.04. The van der Waals surface area contributed by atoms with Crippen LogP contribution in [0.15, 0.2) is 42.6 Å². The van der Waals surface area contributed by atoms with Gasteiger partial charge in [-0.3, -0.25) is 4.79 Å². The molecule has 1 heterocycles. The number of hydrogen-bond acceptors (Lipinski definition) is 5. The van der Waals surface area contributed by atoms with Gasteiger partial charge in [0.25, 0.3) is 0 Å². The van der Waals surface area contributed by atoms with E-state index in [0.29, 0.717) is 5.95 Å². The van der Waals surface area contributed by atoms with Crippen LogP contribution >= 0.6 is 0 Å². The van der Waals surface area contributed by atoms with E-state index in [-0.39, 0.29) is 12.5 Å². The SMILES string of the molecule is COC(=O)CN(C)c1nccc(-c2ccccc2)n1. The minimum Gasteiger partial charge on any atom is -0.468 e. The predicted molar refractivity (Wildman–Crippen MR) is 72.8 cm³/mol. The first-order valence-corrected chi connectivity index (χ1v) is 5.87. The largest absolute Gasteiger partial charge is 0.468 e. The molecule has 98 valence electrons. The zero-order valence-electron chi connectivity index (χ0n) is 10.9. The standard InChI is InChI=1S/C14H15N3O2/c1-17(10-13(18)19-2)14-15-9-8-12(16-14)11-6-4-3-5-7-11/h3-9H,10H2,1-2H3. The van der Waals surface area contributed by atoms with Crippen molar-refractivity contribution in [2.24, 2.45) is 0 Å². The van der Waals surface area contributed by atoms with Crippen molar-refractivity contribution in [3.63, 3.8) is 0 Å². The van der Waals surface area contributed by atoms with Crippen LogP contribution in [0.25, 0.3) is 11.3 Å². The molecule has 2 aromatic rings. The third-order valence-corrected chi connectivity index (χ3v) is 2.65. The molecular weight excluding hydrogens is 242 g/mol. The van der Waals surface area contributed by atoms with Crippen LogP contribution < -0.4 is 4.90 Å². The third-order valence-electron chi connectivity index (χ3n) is 2.65. The molecule has 0 fully saturated rings. The molecule has 1 aromatic carbocycles. The van der Waals surface area contributed by atoms with E-state index in [4.69, 9.17) is 0 Å². The number of aromatic nitrogens is 2. The highest BCUT2D eigenvalue weighted by Crippen LogP contribution is 2.17. The third kappa shape index (κ3) is 3.28. The van der Waals surface area contributed by atoms with Crippen molar-refractivity contribution < 1.29 is 9.53 Å². The summed E-state index contributed by atoms with van der Waals surface area (Å²) in [6, 6.07) is 11.7. The van der Waals surface area contributed by atoms with Crippen molar-refractivity contribution in [1.82, 2.24) is 9.97 Å². The Hall–Kier alpha value is -2.43. The van der Waals surface area contributed by atoms with Crippen molar-refractivity contribution in [2.75, 3.05) is 25.6 Å². The lowest BCUT2D eigenvalue weighted by Crippen LogP contribution is -2.27. The van der Waals surface area contributed by atoms with E-state index in [1.54, 1.807) is 18.1 Å². The van der Waals surface area contributed by atoms with E-state index in [0.717, 1.165) is 11.3 Å². The average Bonchev–Trinajstić information content (AvgIpc) is 2.48. The van der Waals surface area contributed by atoms with E-state index in [9.17, 15) is 4.79 Å². The lowest BCUT2D eigenvalue weighted by atomic mass is 10.1. The summed E-state index contributed by atoms with van der Waals surface area (Å²) >= 11 is 0. The van der Waals surface area contributed by atoms with Crippen LogP contribution in [-0.4, -0.2) is 36.6 Å². The number of ether oxygens (including phenoxy) is 1. The topological polar surface area (TPSA) is 55.3 Å². The summed E-state index contributed by atoms with van der Waals surface area (Å²) in [6.07, 6.45) is 1.68. The van der Waals surface area contributed by atoms with Crippen molar-refractivity contribution in [3.8, 4) is 11.3 Å². The van der Waals surface area contributed by atoms with E-state index in [1.807, 2.05) is 36.4 Å². The van der Waals surface area contributed by atoms with Crippen LogP contribution in [0.1, 0.15) is 0 Å². The molecule has 0 bridgehead atoms. The van der Waals surface area contributed by atoms with Crippen LogP contribution in [0, 0.1) is 0 Å². The van der Waals surface area contributed by atoms with Gasteiger partial charge in [-0.05, 0) is 6.07 Å². The molecule has 0 atom stereocenters. The molecule has 0 aliphatic rings. The molecule has 0 unspecified atom stereocenters. The Morgan fingerprint density at radius 1 is 1.26 bits per heavy atom. The summed E-state index contributed by atoms with van der Waals surface area (Å²) < 4.78 is 4.62. The van der Waals surface area contributed by atoms with Crippen LogP contribution in [-0.2, 0) is 9.53 Å². The van der Waals surface area contributed by atoms with Crippen LogP contribution in [0.4, 0.5) is 5.95 Å². The first-order chi connectivity index (χ1) is 9.20. The van der Waals surface area contributed by atoms with Gasteiger partial charge in [0.2, 0.25) is 5.95 Å². The Morgan fingerprint density at radius 2 is 2.00 bits per heavy atom. The lowest BCUT2D eigenvalue weighted by molar-refractivity contribution is -0.138. The van der Waals surface area contributed by atoms with Gasteiger partial charge >= 0.3 is 5.97 Å². The molecule has 0 radical (unpaired) electrons. The van der Waals surface area contributed by atoms with Gasteiger partial charge in [-0.15, -0.1) is 0 Å². The van der Waals surface area contributed by atoms with Crippen molar-refractivity contribution in [2.45, 2.75) is 0 Å². The second-order valence-electron chi connectivity index (χ2n) is 4.04. The van der Waals surface area contributed by atoms with Crippen LogP contribution in [0.2, 0.25) is 0 Å². The molecule has 0 amide bonds. The number of hydrogen-bond donors (Lipinski definition) is 0. The van der Waals surface area contributed by atoms with Crippen LogP contribution in [0.5, 0.6) is 0 Å². The Labute approximate surface area is 111 Å². The number of likely N-dealkylation sites (N-methyl/N-ethyl adjacent to an activating group) is 1. The molecule has 1 aromatic heterocycles. The highest BCUT2D eigenvalue weighted by atomic mass is 16.5. The van der Waals surface area contributed by atoms with Gasteiger partial charge in [0, 0.05) is 18.8 Å². The second kappa shape index (κ2) is 5.95. The number of carbonyl (C=O) groups is 1. The Bertz CT molecular complexity index is 558. The van der Waals surface area contributed by atoms with Crippen molar-refractivity contribution in [3.05, 3.63) is 42.6 Å². The summed E-state index contributed by atoms with van der Waals surface area (Å²) in [5.74, 6) is 0.169. The predicted octanol–water partition coefficient (Wildman–Crippen LogP) is 1.75. The average molecular weight is 257 g/mol. The summed E-state index contributed by atoms with van der Waals surface area (Å²) in [5.41, 5.74) is 1.83. The molecule has 0 N–H and O–H groups in total. The van der Waals surface area contributed by atoms with E-state index >= 15 is 0 Å². The van der Waals surface area contributed by atoms with Gasteiger partial charge in [0.15, 0.2) is 0 Å². The maximum atomic E-state index is 11.2. The van der Waals surface area contributed by atoms with Crippen molar-refractivity contribution in [1.29, 1.82) is 0 Å². The highest BCUT2D eigenvalue weighted by molar-refractivity contribution is 5.74. The Balaban J connectivity index is 2.22. The van der Waals surface area contributed by atoms with Gasteiger partial charge in [-0.1, -0.05) is 30.3 Å². The molecule has 5 nitrogen and oxygen atoms in total. The summed E-state index contributed by atoms with van der Waals surface area (Å²) in [6.45, 7) is 0.120. The zero-order chi connectivity index (χ0) is 13.7. The molecule has 0 saturated carbocycles. The molecule has 0 aliphatic carbocycles.